The Bertz CT molecular complexity index is 276. The molecule has 0 aliphatic heterocycles. The van der Waals surface area contributed by atoms with Gasteiger partial charge in [-0.2, -0.15) is 0 Å². The molecule has 0 heterocycles. The Balaban J connectivity index is 2.50. The van der Waals surface area contributed by atoms with Gasteiger partial charge in [-0.3, -0.25) is 0 Å². The van der Waals surface area contributed by atoms with Crippen LogP contribution >= 0.6 is 8.15 Å². The van der Waals surface area contributed by atoms with Crippen LogP contribution in [0.15, 0.2) is 24.3 Å². The minimum absolute atomic E-state index is 0.757. The van der Waals surface area contributed by atoms with E-state index in [0.29, 0.717) is 0 Å². The van der Waals surface area contributed by atoms with Crippen LogP contribution in [0.25, 0.3) is 0 Å². The maximum atomic E-state index is 9.48. The van der Waals surface area contributed by atoms with Gasteiger partial charge in [0.2, 0.25) is 0 Å². The normalized spacial score (nSPS) is 12.5. The van der Waals surface area contributed by atoms with Crippen molar-refractivity contribution >= 4 is 8.15 Å². The van der Waals surface area contributed by atoms with Gasteiger partial charge in [-0.05, 0) is 36.4 Å². The largest absolute Gasteiger partial charge is 0.497 e. The average Bonchev–Trinajstić information content (AvgIpc) is 2.26. The number of hydrogen-bond acceptors (Lipinski definition) is 2. The molecule has 14 heavy (non-hydrogen) atoms. The Morgan fingerprint density at radius 2 is 2.21 bits per heavy atom. The van der Waals surface area contributed by atoms with Crippen molar-refractivity contribution in [1.29, 1.82) is 0 Å². The summed E-state index contributed by atoms with van der Waals surface area (Å²) >= 11 is 0. The molecular weight excluding hydrogens is 195 g/mol. The maximum Gasteiger partial charge on any atom is 0.119 e. The third kappa shape index (κ3) is 3.65. The van der Waals surface area contributed by atoms with Crippen LogP contribution in [0.1, 0.15) is 12.5 Å². The third-order valence-corrected chi connectivity index (χ3v) is 3.63. The van der Waals surface area contributed by atoms with E-state index < -0.39 is 8.15 Å². The molecule has 1 N–H and O–H groups in total. The van der Waals surface area contributed by atoms with E-state index in [-0.39, 0.29) is 0 Å². The predicted octanol–water partition coefficient (Wildman–Crippen LogP) is 2.65. The molecule has 1 aromatic rings. The molecule has 0 saturated carbocycles. The van der Waals surface area contributed by atoms with Gasteiger partial charge in [0, 0.05) is 8.15 Å². The Kier molecular flexibility index (Phi) is 4.92. The first-order valence-corrected chi connectivity index (χ1v) is 6.49. The minimum atomic E-state index is -0.757. The van der Waals surface area contributed by atoms with Gasteiger partial charge in [-0.15, -0.1) is 0 Å². The molecule has 0 bridgehead atoms. The molecule has 1 rings (SSSR count). The smallest absolute Gasteiger partial charge is 0.119 e. The van der Waals surface area contributed by atoms with Crippen LogP contribution in [0.5, 0.6) is 5.75 Å². The van der Waals surface area contributed by atoms with Crippen molar-refractivity contribution in [2.45, 2.75) is 13.3 Å². The summed E-state index contributed by atoms with van der Waals surface area (Å²) in [5, 5.41) is 0. The van der Waals surface area contributed by atoms with Crippen molar-refractivity contribution in [3.05, 3.63) is 29.8 Å². The molecule has 0 aliphatic rings. The van der Waals surface area contributed by atoms with Crippen LogP contribution in [0.2, 0.25) is 0 Å². The SMILES string of the molecule is CCP(O)CCc1cccc(OC)c1. The topological polar surface area (TPSA) is 29.5 Å². The van der Waals surface area contributed by atoms with Gasteiger partial charge < -0.3 is 9.63 Å². The van der Waals surface area contributed by atoms with E-state index in [1.54, 1.807) is 7.11 Å². The first-order valence-electron chi connectivity index (χ1n) is 4.83. The Hall–Kier alpha value is -0.590. The van der Waals surface area contributed by atoms with Gasteiger partial charge in [0.15, 0.2) is 0 Å². The summed E-state index contributed by atoms with van der Waals surface area (Å²) in [6.07, 6.45) is 2.71. The van der Waals surface area contributed by atoms with Crippen molar-refractivity contribution in [3.63, 3.8) is 0 Å². The second kappa shape index (κ2) is 6.00. The zero-order valence-corrected chi connectivity index (χ0v) is 9.63. The highest BCUT2D eigenvalue weighted by Gasteiger charge is 2.01. The Labute approximate surface area is 86.8 Å². The highest BCUT2D eigenvalue weighted by Crippen LogP contribution is 2.29. The van der Waals surface area contributed by atoms with E-state index in [4.69, 9.17) is 4.74 Å². The molecular formula is C11H17O2P. The molecule has 3 heteroatoms. The minimum Gasteiger partial charge on any atom is -0.497 e. The van der Waals surface area contributed by atoms with Crippen molar-refractivity contribution in [3.8, 4) is 5.75 Å². The van der Waals surface area contributed by atoms with Crippen molar-refractivity contribution in [1.82, 2.24) is 0 Å². The molecule has 0 aliphatic carbocycles. The summed E-state index contributed by atoms with van der Waals surface area (Å²) in [6.45, 7) is 2.03. The lowest BCUT2D eigenvalue weighted by atomic mass is 10.2. The summed E-state index contributed by atoms with van der Waals surface area (Å²) in [6, 6.07) is 8.02. The van der Waals surface area contributed by atoms with E-state index in [0.717, 1.165) is 24.5 Å². The van der Waals surface area contributed by atoms with E-state index in [9.17, 15) is 4.89 Å². The molecule has 1 atom stereocenters. The van der Waals surface area contributed by atoms with E-state index in [2.05, 4.69) is 6.07 Å². The summed E-state index contributed by atoms with van der Waals surface area (Å²) < 4.78 is 5.13. The maximum absolute atomic E-state index is 9.48. The van der Waals surface area contributed by atoms with E-state index in [1.165, 1.54) is 5.56 Å². The molecule has 2 nitrogen and oxygen atoms in total. The lowest BCUT2D eigenvalue weighted by Gasteiger charge is -2.08. The van der Waals surface area contributed by atoms with Gasteiger partial charge in [-0.25, -0.2) is 0 Å². The summed E-state index contributed by atoms with van der Waals surface area (Å²) in [4.78, 5) is 9.48. The molecule has 0 amide bonds. The van der Waals surface area contributed by atoms with Gasteiger partial charge in [0.05, 0.1) is 7.11 Å². The third-order valence-electron chi connectivity index (χ3n) is 2.16. The number of hydrogen-bond donors (Lipinski definition) is 1. The van der Waals surface area contributed by atoms with Gasteiger partial charge in [0.25, 0.3) is 0 Å². The van der Waals surface area contributed by atoms with E-state index >= 15 is 0 Å². The fraction of sp³-hybridized carbons (Fsp3) is 0.455. The number of aryl methyl sites for hydroxylation is 1. The zero-order chi connectivity index (χ0) is 10.4. The van der Waals surface area contributed by atoms with Crippen molar-refractivity contribution in [2.75, 3.05) is 19.4 Å². The highest BCUT2D eigenvalue weighted by molar-refractivity contribution is 7.51. The van der Waals surface area contributed by atoms with E-state index in [1.807, 2.05) is 25.1 Å². The number of rotatable bonds is 5. The lowest BCUT2D eigenvalue weighted by Crippen LogP contribution is -1.93. The standard InChI is InChI=1S/C11H17O2P/c1-3-14(12)8-7-10-5-4-6-11(9-10)13-2/h4-6,9,12H,3,7-8H2,1-2H3. The molecule has 78 valence electrons. The number of benzene rings is 1. The van der Waals surface area contributed by atoms with Crippen molar-refractivity contribution in [2.24, 2.45) is 0 Å². The quantitative estimate of drug-likeness (QED) is 0.760. The van der Waals surface area contributed by atoms with Crippen LogP contribution in [0.3, 0.4) is 0 Å². The first kappa shape index (κ1) is 11.5. The van der Waals surface area contributed by atoms with Crippen LogP contribution in [-0.2, 0) is 6.42 Å². The summed E-state index contributed by atoms with van der Waals surface area (Å²) in [5.74, 6) is 0.890. The highest BCUT2D eigenvalue weighted by atomic mass is 31.1. The second-order valence-corrected chi connectivity index (χ2v) is 5.24. The van der Waals surface area contributed by atoms with Gasteiger partial charge in [-0.1, -0.05) is 19.1 Å². The lowest BCUT2D eigenvalue weighted by molar-refractivity contribution is 0.414. The fourth-order valence-electron chi connectivity index (χ4n) is 1.24. The molecule has 1 unspecified atom stereocenters. The molecule has 0 fully saturated rings. The number of methoxy groups -OCH3 is 1. The predicted molar refractivity (Wildman–Crippen MR) is 61.2 cm³/mol. The molecule has 0 saturated heterocycles. The molecule has 0 spiro atoms. The molecule has 0 aromatic heterocycles. The van der Waals surface area contributed by atoms with Crippen LogP contribution in [-0.4, -0.2) is 24.3 Å². The fourth-order valence-corrected chi connectivity index (χ4v) is 2.08. The van der Waals surface area contributed by atoms with Crippen molar-refractivity contribution < 1.29 is 9.63 Å². The molecule has 1 aromatic carbocycles. The zero-order valence-electron chi connectivity index (χ0n) is 8.73. The summed E-state index contributed by atoms with van der Waals surface area (Å²) in [5.41, 5.74) is 1.24. The Morgan fingerprint density at radius 3 is 2.86 bits per heavy atom. The van der Waals surface area contributed by atoms with Gasteiger partial charge in [0.1, 0.15) is 5.75 Å². The summed E-state index contributed by atoms with van der Waals surface area (Å²) in [7, 11) is 0.914. The monoisotopic (exact) mass is 212 g/mol. The first-order chi connectivity index (χ1) is 6.76. The van der Waals surface area contributed by atoms with Gasteiger partial charge >= 0.3 is 0 Å². The van der Waals surface area contributed by atoms with Crippen LogP contribution < -0.4 is 4.74 Å². The van der Waals surface area contributed by atoms with Crippen LogP contribution in [0, 0.1) is 0 Å². The second-order valence-electron chi connectivity index (χ2n) is 3.15. The van der Waals surface area contributed by atoms with Crippen LogP contribution in [0.4, 0.5) is 0 Å². The number of ether oxygens (including phenoxy) is 1. The molecule has 0 radical (unpaired) electrons. The average molecular weight is 212 g/mol. The Morgan fingerprint density at radius 1 is 1.43 bits per heavy atom.